The lowest BCUT2D eigenvalue weighted by atomic mass is 9.93. The maximum atomic E-state index is 12.7. The molecule has 0 saturated carbocycles. The maximum absolute atomic E-state index is 12.7. The molecule has 0 spiro atoms. The molecular weight excluding hydrogens is 340 g/mol. The zero-order chi connectivity index (χ0) is 19.7. The van der Waals surface area contributed by atoms with Crippen LogP contribution in [-0.2, 0) is 9.53 Å². The number of rotatable bonds is 11. The third-order valence-electron chi connectivity index (χ3n) is 4.94. The molecule has 1 heterocycles. The summed E-state index contributed by atoms with van der Waals surface area (Å²) in [5.41, 5.74) is -0.0488. The number of carbonyl (C=O) groups is 1. The molecule has 1 N–H and O–H groups in total. The molecule has 0 aromatic heterocycles. The molecule has 1 amide bonds. The van der Waals surface area contributed by atoms with E-state index in [1.54, 1.807) is 0 Å². The van der Waals surface area contributed by atoms with E-state index in [-0.39, 0.29) is 5.91 Å². The standard InChI is InChI=1S/C22H36N2O3/c1-5-27-22(4,17-18(2)3)21(25)23-19-9-11-20(12-10-19)26-16-8-15-24-13-6-7-14-24/h9-12,18H,5-8,13-17H2,1-4H3,(H,23,25). The Morgan fingerprint density at radius 1 is 1.22 bits per heavy atom. The molecule has 5 heteroatoms. The van der Waals surface area contributed by atoms with Crippen molar-refractivity contribution in [3.8, 4) is 5.75 Å². The van der Waals surface area contributed by atoms with Crippen molar-refractivity contribution in [2.75, 3.05) is 38.2 Å². The highest BCUT2D eigenvalue weighted by atomic mass is 16.5. The summed E-state index contributed by atoms with van der Waals surface area (Å²) in [7, 11) is 0. The molecule has 1 aliphatic rings. The molecule has 1 fully saturated rings. The fourth-order valence-corrected chi connectivity index (χ4v) is 3.70. The van der Waals surface area contributed by atoms with Gasteiger partial charge in [0.25, 0.3) is 5.91 Å². The van der Waals surface area contributed by atoms with E-state index >= 15 is 0 Å². The van der Waals surface area contributed by atoms with Crippen LogP contribution in [0.2, 0.25) is 0 Å². The second-order valence-electron chi connectivity index (χ2n) is 7.99. The van der Waals surface area contributed by atoms with Crippen molar-refractivity contribution in [2.24, 2.45) is 5.92 Å². The molecule has 27 heavy (non-hydrogen) atoms. The molecule has 0 aliphatic carbocycles. The van der Waals surface area contributed by atoms with Crippen molar-refractivity contribution >= 4 is 11.6 Å². The van der Waals surface area contributed by atoms with Gasteiger partial charge in [0.2, 0.25) is 0 Å². The monoisotopic (exact) mass is 376 g/mol. The number of likely N-dealkylation sites (tertiary alicyclic amines) is 1. The number of nitrogens with zero attached hydrogens (tertiary/aromatic N) is 1. The smallest absolute Gasteiger partial charge is 0.256 e. The molecule has 1 aromatic carbocycles. The number of anilines is 1. The number of carbonyl (C=O) groups excluding carboxylic acids is 1. The first-order valence-electron chi connectivity index (χ1n) is 10.3. The van der Waals surface area contributed by atoms with Crippen LogP contribution in [0.1, 0.15) is 53.4 Å². The lowest BCUT2D eigenvalue weighted by Crippen LogP contribution is -2.43. The molecule has 1 atom stereocenters. The molecule has 1 saturated heterocycles. The van der Waals surface area contributed by atoms with Gasteiger partial charge in [0.05, 0.1) is 6.61 Å². The molecule has 2 rings (SSSR count). The minimum Gasteiger partial charge on any atom is -0.494 e. The minimum atomic E-state index is -0.812. The largest absolute Gasteiger partial charge is 0.494 e. The van der Waals surface area contributed by atoms with Crippen LogP contribution in [0.15, 0.2) is 24.3 Å². The van der Waals surface area contributed by atoms with E-state index < -0.39 is 5.60 Å². The van der Waals surface area contributed by atoms with Crippen molar-refractivity contribution < 1.29 is 14.3 Å². The molecule has 152 valence electrons. The SMILES string of the molecule is CCOC(C)(CC(C)C)C(=O)Nc1ccc(OCCCN2CCCC2)cc1. The van der Waals surface area contributed by atoms with Crippen LogP contribution >= 0.6 is 0 Å². The Morgan fingerprint density at radius 3 is 2.48 bits per heavy atom. The number of ether oxygens (including phenoxy) is 2. The van der Waals surface area contributed by atoms with E-state index in [9.17, 15) is 4.79 Å². The summed E-state index contributed by atoms with van der Waals surface area (Å²) in [5, 5.41) is 2.98. The van der Waals surface area contributed by atoms with Gasteiger partial charge >= 0.3 is 0 Å². The van der Waals surface area contributed by atoms with Crippen LogP contribution in [-0.4, -0.2) is 49.3 Å². The predicted octanol–water partition coefficient (Wildman–Crippen LogP) is 4.33. The minimum absolute atomic E-state index is 0.0997. The van der Waals surface area contributed by atoms with Crippen LogP contribution in [0.5, 0.6) is 5.75 Å². The van der Waals surface area contributed by atoms with E-state index in [2.05, 4.69) is 24.1 Å². The zero-order valence-corrected chi connectivity index (χ0v) is 17.4. The third-order valence-corrected chi connectivity index (χ3v) is 4.94. The Kier molecular flexibility index (Phi) is 8.58. The van der Waals surface area contributed by atoms with Gasteiger partial charge in [-0.3, -0.25) is 4.79 Å². The van der Waals surface area contributed by atoms with E-state index in [0.29, 0.717) is 18.9 Å². The summed E-state index contributed by atoms with van der Waals surface area (Å²) < 4.78 is 11.6. The van der Waals surface area contributed by atoms with Gasteiger partial charge in [-0.2, -0.15) is 0 Å². The van der Waals surface area contributed by atoms with Crippen molar-refractivity contribution in [3.63, 3.8) is 0 Å². The lowest BCUT2D eigenvalue weighted by Gasteiger charge is -2.29. The number of amides is 1. The fraction of sp³-hybridized carbons (Fsp3) is 0.682. The van der Waals surface area contributed by atoms with Gasteiger partial charge in [0.15, 0.2) is 0 Å². The average molecular weight is 377 g/mol. The second kappa shape index (κ2) is 10.7. The maximum Gasteiger partial charge on any atom is 0.256 e. The fourth-order valence-electron chi connectivity index (χ4n) is 3.70. The van der Waals surface area contributed by atoms with Gasteiger partial charge in [-0.25, -0.2) is 0 Å². The lowest BCUT2D eigenvalue weighted by molar-refractivity contribution is -0.140. The average Bonchev–Trinajstić information content (AvgIpc) is 3.13. The normalized spacial score (nSPS) is 17.1. The van der Waals surface area contributed by atoms with Crippen molar-refractivity contribution in [1.82, 2.24) is 4.90 Å². The van der Waals surface area contributed by atoms with Gasteiger partial charge in [0, 0.05) is 18.8 Å². The van der Waals surface area contributed by atoms with Crippen LogP contribution in [0.3, 0.4) is 0 Å². The molecule has 1 unspecified atom stereocenters. The number of nitrogens with one attached hydrogen (secondary N) is 1. The molecule has 1 aromatic rings. The molecule has 1 aliphatic heterocycles. The van der Waals surface area contributed by atoms with Gasteiger partial charge in [-0.15, -0.1) is 0 Å². The first-order valence-corrected chi connectivity index (χ1v) is 10.3. The van der Waals surface area contributed by atoms with Crippen LogP contribution in [0, 0.1) is 5.92 Å². The molecular formula is C22H36N2O3. The van der Waals surface area contributed by atoms with Crippen LogP contribution in [0.25, 0.3) is 0 Å². The highest BCUT2D eigenvalue weighted by molar-refractivity contribution is 5.97. The van der Waals surface area contributed by atoms with Gasteiger partial charge in [-0.1, -0.05) is 13.8 Å². The van der Waals surface area contributed by atoms with Crippen LogP contribution in [0.4, 0.5) is 5.69 Å². The summed E-state index contributed by atoms with van der Waals surface area (Å²) >= 11 is 0. The first kappa shape index (κ1) is 21.7. The summed E-state index contributed by atoms with van der Waals surface area (Å²) in [5.74, 6) is 1.12. The van der Waals surface area contributed by atoms with E-state index in [1.807, 2.05) is 38.1 Å². The van der Waals surface area contributed by atoms with Crippen molar-refractivity contribution in [3.05, 3.63) is 24.3 Å². The summed E-state index contributed by atoms with van der Waals surface area (Å²) in [6.45, 7) is 12.8. The summed E-state index contributed by atoms with van der Waals surface area (Å²) in [6.07, 6.45) is 4.38. The van der Waals surface area contributed by atoms with Crippen molar-refractivity contribution in [2.45, 2.75) is 59.0 Å². The number of hydrogen-bond donors (Lipinski definition) is 1. The Balaban J connectivity index is 1.80. The van der Waals surface area contributed by atoms with Gasteiger partial charge < -0.3 is 19.7 Å². The summed E-state index contributed by atoms with van der Waals surface area (Å²) in [6, 6.07) is 7.59. The molecule has 0 radical (unpaired) electrons. The predicted molar refractivity (Wildman–Crippen MR) is 110 cm³/mol. The Hall–Kier alpha value is -1.59. The highest BCUT2D eigenvalue weighted by Gasteiger charge is 2.34. The van der Waals surface area contributed by atoms with E-state index in [4.69, 9.17) is 9.47 Å². The van der Waals surface area contributed by atoms with Gasteiger partial charge in [-0.05, 0) is 82.8 Å². The van der Waals surface area contributed by atoms with E-state index in [0.717, 1.165) is 31.0 Å². The Bertz CT molecular complexity index is 567. The van der Waals surface area contributed by atoms with Gasteiger partial charge in [0.1, 0.15) is 11.4 Å². The molecule has 5 nitrogen and oxygen atoms in total. The number of hydrogen-bond acceptors (Lipinski definition) is 4. The first-order chi connectivity index (χ1) is 12.9. The van der Waals surface area contributed by atoms with E-state index in [1.165, 1.54) is 25.9 Å². The van der Waals surface area contributed by atoms with Crippen LogP contribution < -0.4 is 10.1 Å². The topological polar surface area (TPSA) is 50.8 Å². The Morgan fingerprint density at radius 2 is 1.89 bits per heavy atom. The second-order valence-corrected chi connectivity index (χ2v) is 7.99. The molecule has 0 bridgehead atoms. The Labute approximate surface area is 164 Å². The van der Waals surface area contributed by atoms with Crippen molar-refractivity contribution in [1.29, 1.82) is 0 Å². The highest BCUT2D eigenvalue weighted by Crippen LogP contribution is 2.24. The number of benzene rings is 1. The third kappa shape index (κ3) is 7.15. The summed E-state index contributed by atoms with van der Waals surface area (Å²) in [4.78, 5) is 15.2. The zero-order valence-electron chi connectivity index (χ0n) is 17.4. The quantitative estimate of drug-likeness (QED) is 0.584.